The van der Waals surface area contributed by atoms with Crippen LogP contribution in [0.2, 0.25) is 0 Å². The van der Waals surface area contributed by atoms with E-state index in [0.29, 0.717) is 11.6 Å². The molecular weight excluding hydrogens is 320 g/mol. The highest BCUT2D eigenvalue weighted by Gasteiger charge is 2.20. The van der Waals surface area contributed by atoms with Gasteiger partial charge in [-0.3, -0.25) is 4.79 Å². The third-order valence-corrected chi connectivity index (χ3v) is 4.76. The second-order valence-electron chi connectivity index (χ2n) is 4.39. The van der Waals surface area contributed by atoms with Gasteiger partial charge in [-0.05, 0) is 23.9 Å². The lowest BCUT2D eigenvalue weighted by atomic mass is 10.2. The van der Waals surface area contributed by atoms with Gasteiger partial charge in [0.15, 0.2) is 0 Å². The Labute approximate surface area is 124 Å². The summed E-state index contributed by atoms with van der Waals surface area (Å²) >= 11 is 1.27. The van der Waals surface area contributed by atoms with Crippen LogP contribution in [0.1, 0.15) is 21.5 Å². The van der Waals surface area contributed by atoms with Gasteiger partial charge in [0.2, 0.25) is 10.0 Å². The molecule has 2 rings (SSSR count). The molecule has 0 bridgehead atoms. The molecule has 8 heteroatoms. The van der Waals surface area contributed by atoms with Crippen LogP contribution in [0.15, 0.2) is 29.0 Å². The molecule has 112 valence electrons. The summed E-state index contributed by atoms with van der Waals surface area (Å²) in [6.45, 7) is 1.68. The number of sulfonamides is 1. The summed E-state index contributed by atoms with van der Waals surface area (Å²) < 4.78 is 51.8. The number of amides is 1. The van der Waals surface area contributed by atoms with E-state index in [9.17, 15) is 22.0 Å². The van der Waals surface area contributed by atoms with E-state index >= 15 is 0 Å². The Balaban J connectivity index is 2.16. The molecule has 0 saturated carbocycles. The minimum atomic E-state index is -4.07. The van der Waals surface area contributed by atoms with E-state index in [0.717, 1.165) is 12.1 Å². The first-order chi connectivity index (χ1) is 9.78. The van der Waals surface area contributed by atoms with Gasteiger partial charge in [0, 0.05) is 17.0 Å². The summed E-state index contributed by atoms with van der Waals surface area (Å²) in [5.41, 5.74) is 0.697. The maximum absolute atomic E-state index is 13.4. The van der Waals surface area contributed by atoms with E-state index in [4.69, 9.17) is 0 Å². The van der Waals surface area contributed by atoms with Crippen molar-refractivity contribution in [2.45, 2.75) is 12.7 Å². The van der Waals surface area contributed by atoms with Gasteiger partial charge in [-0.1, -0.05) is 6.07 Å². The van der Waals surface area contributed by atoms with Gasteiger partial charge >= 0.3 is 0 Å². The molecule has 0 radical (unpaired) electrons. The molecule has 0 atom stereocenters. The Kier molecular flexibility index (Phi) is 4.38. The number of carbonyl (C=O) groups excluding carboxylic acids is 1. The quantitative estimate of drug-likeness (QED) is 0.937. The van der Waals surface area contributed by atoms with Gasteiger partial charge in [-0.2, -0.15) is 11.3 Å². The molecule has 0 spiro atoms. The van der Waals surface area contributed by atoms with Crippen molar-refractivity contribution in [1.82, 2.24) is 4.72 Å². The van der Waals surface area contributed by atoms with Gasteiger partial charge in [0.1, 0.15) is 11.6 Å². The smallest absolute Gasteiger partial charge is 0.265 e. The Morgan fingerprint density at radius 2 is 2.00 bits per heavy atom. The molecule has 0 aliphatic rings. The predicted molar refractivity (Wildman–Crippen MR) is 75.5 cm³/mol. The summed E-state index contributed by atoms with van der Waals surface area (Å²) in [4.78, 5) is 11.8. The van der Waals surface area contributed by atoms with Crippen LogP contribution in [0.5, 0.6) is 0 Å². The van der Waals surface area contributed by atoms with E-state index in [2.05, 4.69) is 0 Å². The second-order valence-corrected chi connectivity index (χ2v) is 6.86. The summed E-state index contributed by atoms with van der Waals surface area (Å²) in [7, 11) is -4.07. The average Bonchev–Trinajstić information content (AvgIpc) is 2.78. The highest BCUT2D eigenvalue weighted by Crippen LogP contribution is 2.15. The van der Waals surface area contributed by atoms with E-state index in [1.165, 1.54) is 16.7 Å². The third-order valence-electron chi connectivity index (χ3n) is 2.71. The maximum Gasteiger partial charge on any atom is 0.265 e. The zero-order valence-electron chi connectivity index (χ0n) is 10.9. The molecular formula is C13H11F2NO3S2. The predicted octanol–water partition coefficient (Wildman–Crippen LogP) is 2.59. The fourth-order valence-electron chi connectivity index (χ4n) is 1.67. The van der Waals surface area contributed by atoms with Crippen molar-refractivity contribution in [2.75, 3.05) is 0 Å². The summed E-state index contributed by atoms with van der Waals surface area (Å²) in [5, 5.41) is 3.24. The van der Waals surface area contributed by atoms with E-state index < -0.39 is 33.3 Å². The van der Waals surface area contributed by atoms with Crippen molar-refractivity contribution >= 4 is 27.3 Å². The second kappa shape index (κ2) is 5.90. The Morgan fingerprint density at radius 1 is 1.29 bits per heavy atom. The minimum Gasteiger partial charge on any atom is -0.268 e. The van der Waals surface area contributed by atoms with Crippen LogP contribution in [-0.4, -0.2) is 14.3 Å². The van der Waals surface area contributed by atoms with Crippen LogP contribution in [-0.2, 0) is 15.8 Å². The Hall–Kier alpha value is -1.80. The molecule has 1 N–H and O–H groups in total. The van der Waals surface area contributed by atoms with E-state index in [-0.39, 0.29) is 11.1 Å². The van der Waals surface area contributed by atoms with Gasteiger partial charge in [-0.25, -0.2) is 21.9 Å². The standard InChI is InChI=1S/C13H11F2NO3S2/c1-8-5-20-6-11(8)13(17)16-21(18,19)7-9-2-3-10(14)4-12(9)15/h2-6H,7H2,1H3,(H,16,17). The summed E-state index contributed by atoms with van der Waals surface area (Å²) in [6, 6.07) is 2.58. The van der Waals surface area contributed by atoms with Crippen molar-refractivity contribution in [1.29, 1.82) is 0 Å². The molecule has 0 aliphatic carbocycles. The first kappa shape index (κ1) is 15.6. The normalized spacial score (nSPS) is 11.4. The number of thiophene rings is 1. The van der Waals surface area contributed by atoms with Crippen LogP contribution >= 0.6 is 11.3 Å². The van der Waals surface area contributed by atoms with Gasteiger partial charge < -0.3 is 0 Å². The molecule has 0 unspecified atom stereocenters. The fraction of sp³-hybridized carbons (Fsp3) is 0.154. The molecule has 1 aromatic carbocycles. The molecule has 2 aromatic rings. The first-order valence-electron chi connectivity index (χ1n) is 5.80. The van der Waals surface area contributed by atoms with Crippen LogP contribution in [0, 0.1) is 18.6 Å². The highest BCUT2D eigenvalue weighted by atomic mass is 32.2. The van der Waals surface area contributed by atoms with Crippen LogP contribution in [0.4, 0.5) is 8.78 Å². The maximum atomic E-state index is 13.4. The third kappa shape index (κ3) is 3.85. The summed E-state index contributed by atoms with van der Waals surface area (Å²) in [5.74, 6) is -3.28. The molecule has 1 heterocycles. The van der Waals surface area contributed by atoms with Crippen molar-refractivity contribution in [2.24, 2.45) is 0 Å². The molecule has 21 heavy (non-hydrogen) atoms. The van der Waals surface area contributed by atoms with Crippen molar-refractivity contribution < 1.29 is 22.0 Å². The van der Waals surface area contributed by atoms with Crippen LogP contribution < -0.4 is 4.72 Å². The number of rotatable bonds is 4. The molecule has 1 amide bonds. The fourth-order valence-corrected chi connectivity index (χ4v) is 3.61. The Morgan fingerprint density at radius 3 is 2.57 bits per heavy atom. The van der Waals surface area contributed by atoms with Crippen LogP contribution in [0.3, 0.4) is 0 Å². The molecule has 4 nitrogen and oxygen atoms in total. The van der Waals surface area contributed by atoms with Gasteiger partial charge in [0.25, 0.3) is 5.91 Å². The molecule has 0 aliphatic heterocycles. The van der Waals surface area contributed by atoms with E-state index in [1.807, 2.05) is 4.72 Å². The highest BCUT2D eigenvalue weighted by molar-refractivity contribution is 7.89. The number of hydrogen-bond acceptors (Lipinski definition) is 4. The number of carbonyl (C=O) groups is 1. The lowest BCUT2D eigenvalue weighted by Gasteiger charge is -2.07. The summed E-state index contributed by atoms with van der Waals surface area (Å²) in [6.07, 6.45) is 0. The van der Waals surface area contributed by atoms with Gasteiger partial charge in [0.05, 0.1) is 11.3 Å². The zero-order chi connectivity index (χ0) is 15.6. The number of nitrogens with one attached hydrogen (secondary N) is 1. The van der Waals surface area contributed by atoms with Crippen molar-refractivity contribution in [3.63, 3.8) is 0 Å². The van der Waals surface area contributed by atoms with Crippen molar-refractivity contribution in [3.05, 3.63) is 57.3 Å². The number of aryl methyl sites for hydroxylation is 1. The van der Waals surface area contributed by atoms with Gasteiger partial charge in [-0.15, -0.1) is 0 Å². The number of hydrogen-bond donors (Lipinski definition) is 1. The average molecular weight is 331 g/mol. The molecule has 0 fully saturated rings. The lowest BCUT2D eigenvalue weighted by Crippen LogP contribution is -2.32. The number of benzene rings is 1. The topological polar surface area (TPSA) is 63.2 Å². The van der Waals surface area contributed by atoms with Crippen LogP contribution in [0.25, 0.3) is 0 Å². The monoisotopic (exact) mass is 331 g/mol. The van der Waals surface area contributed by atoms with E-state index in [1.54, 1.807) is 12.3 Å². The molecule has 0 saturated heterocycles. The minimum absolute atomic E-state index is 0.209. The SMILES string of the molecule is Cc1cscc1C(=O)NS(=O)(=O)Cc1ccc(F)cc1F. The molecule has 1 aromatic heterocycles. The zero-order valence-corrected chi connectivity index (χ0v) is 12.5. The first-order valence-corrected chi connectivity index (χ1v) is 8.39. The van der Waals surface area contributed by atoms with Crippen molar-refractivity contribution in [3.8, 4) is 0 Å². The lowest BCUT2D eigenvalue weighted by molar-refractivity contribution is 0.0981. The number of halogens is 2. The Bertz CT molecular complexity index is 784. The largest absolute Gasteiger partial charge is 0.268 e.